The molecule has 0 aliphatic heterocycles. The molecule has 1 saturated carbocycles. The highest BCUT2D eigenvalue weighted by molar-refractivity contribution is 6.01. The van der Waals surface area contributed by atoms with Gasteiger partial charge in [-0.15, -0.1) is 0 Å². The van der Waals surface area contributed by atoms with Crippen LogP contribution in [-0.2, 0) is 19.1 Å². The second-order valence-corrected chi connectivity index (χ2v) is 8.17. The molecule has 0 aromatic heterocycles. The largest absolute Gasteiger partial charge is 0.496 e. The molecule has 1 fully saturated rings. The average Bonchev–Trinajstić information content (AvgIpc) is 2.67. The van der Waals surface area contributed by atoms with Gasteiger partial charge in [0, 0.05) is 23.9 Å². The van der Waals surface area contributed by atoms with Crippen LogP contribution in [0, 0.1) is 0 Å². The van der Waals surface area contributed by atoms with Gasteiger partial charge >= 0.3 is 12.1 Å². The number of alkyl carbamates (subject to hydrolysis) is 1. The summed E-state index contributed by atoms with van der Waals surface area (Å²) in [4.78, 5) is 36.7. The molecular weight excluding hydrogens is 404 g/mol. The minimum Gasteiger partial charge on any atom is -0.496 e. The molecule has 9 heteroatoms. The van der Waals surface area contributed by atoms with Crippen molar-refractivity contribution in [3.63, 3.8) is 0 Å². The van der Waals surface area contributed by atoms with Crippen molar-refractivity contribution in [2.75, 3.05) is 26.6 Å². The van der Waals surface area contributed by atoms with E-state index in [0.29, 0.717) is 35.6 Å². The van der Waals surface area contributed by atoms with E-state index in [1.165, 1.54) is 33.5 Å². The van der Waals surface area contributed by atoms with Crippen LogP contribution < -0.4 is 20.1 Å². The Morgan fingerprint density at radius 2 is 1.61 bits per heavy atom. The maximum absolute atomic E-state index is 13.0. The van der Waals surface area contributed by atoms with Crippen molar-refractivity contribution < 1.29 is 33.3 Å². The monoisotopic (exact) mass is 434 g/mol. The second-order valence-electron chi connectivity index (χ2n) is 8.17. The summed E-state index contributed by atoms with van der Waals surface area (Å²) in [6.45, 7) is 5.28. The fourth-order valence-corrected chi connectivity index (χ4v) is 3.08. The zero-order valence-corrected chi connectivity index (χ0v) is 18.8. The van der Waals surface area contributed by atoms with Gasteiger partial charge in [-0.05, 0) is 46.1 Å². The molecular formula is C22H30N2O7. The fraction of sp³-hybridized carbons (Fsp3) is 0.500. The van der Waals surface area contributed by atoms with E-state index in [1.807, 2.05) is 0 Å². The lowest BCUT2D eigenvalue weighted by atomic mass is 9.76. The third-order valence-electron chi connectivity index (χ3n) is 4.77. The number of hydrogen-bond acceptors (Lipinski definition) is 7. The highest BCUT2D eigenvalue weighted by atomic mass is 16.6. The summed E-state index contributed by atoms with van der Waals surface area (Å²) in [6.07, 6.45) is 3.94. The van der Waals surface area contributed by atoms with E-state index in [2.05, 4.69) is 15.4 Å². The van der Waals surface area contributed by atoms with Gasteiger partial charge in [0.05, 0.1) is 26.9 Å². The van der Waals surface area contributed by atoms with Crippen molar-refractivity contribution >= 4 is 29.7 Å². The third kappa shape index (κ3) is 6.13. The number of benzene rings is 1. The van der Waals surface area contributed by atoms with Crippen LogP contribution in [-0.4, -0.2) is 50.4 Å². The summed E-state index contributed by atoms with van der Waals surface area (Å²) in [5, 5.41) is 5.54. The number of anilines is 1. The summed E-state index contributed by atoms with van der Waals surface area (Å²) in [7, 11) is 4.21. The lowest BCUT2D eigenvalue weighted by molar-refractivity contribution is -0.134. The highest BCUT2D eigenvalue weighted by Crippen LogP contribution is 2.37. The van der Waals surface area contributed by atoms with E-state index in [-0.39, 0.29) is 5.91 Å². The Morgan fingerprint density at radius 3 is 2.03 bits per heavy atom. The number of carbonyl (C=O) groups excluding carboxylic acids is 3. The molecule has 170 valence electrons. The number of ether oxygens (including phenoxy) is 4. The van der Waals surface area contributed by atoms with Gasteiger partial charge in [0.1, 0.15) is 22.6 Å². The van der Waals surface area contributed by atoms with E-state index >= 15 is 0 Å². The molecule has 2 rings (SSSR count). The number of rotatable bonds is 7. The van der Waals surface area contributed by atoms with Gasteiger partial charge in [-0.2, -0.15) is 0 Å². The number of amides is 2. The molecule has 1 aromatic rings. The molecule has 1 aromatic carbocycles. The molecule has 0 bridgehead atoms. The molecule has 0 radical (unpaired) electrons. The summed E-state index contributed by atoms with van der Waals surface area (Å²) in [5.74, 6) is -0.108. The summed E-state index contributed by atoms with van der Waals surface area (Å²) in [6, 6.07) is 3.22. The highest BCUT2D eigenvalue weighted by Gasteiger charge is 2.46. The minimum atomic E-state index is -1.04. The predicted molar refractivity (Wildman–Crippen MR) is 115 cm³/mol. The zero-order chi connectivity index (χ0) is 23.2. The summed E-state index contributed by atoms with van der Waals surface area (Å²) >= 11 is 0. The predicted octanol–water partition coefficient (Wildman–Crippen LogP) is 3.28. The van der Waals surface area contributed by atoms with Gasteiger partial charge in [-0.25, -0.2) is 9.59 Å². The number of methoxy groups -OCH3 is 3. The van der Waals surface area contributed by atoms with E-state index in [9.17, 15) is 14.4 Å². The molecule has 0 unspecified atom stereocenters. The Balaban J connectivity index is 2.24. The van der Waals surface area contributed by atoms with Crippen molar-refractivity contribution in [3.8, 4) is 11.5 Å². The molecule has 0 heterocycles. The Bertz CT molecular complexity index is 842. The topological polar surface area (TPSA) is 112 Å². The van der Waals surface area contributed by atoms with Crippen LogP contribution >= 0.6 is 0 Å². The van der Waals surface area contributed by atoms with Crippen LogP contribution in [0.3, 0.4) is 0 Å². The van der Waals surface area contributed by atoms with Crippen LogP contribution in [0.25, 0.3) is 6.08 Å². The van der Waals surface area contributed by atoms with Crippen molar-refractivity contribution in [1.29, 1.82) is 0 Å². The smallest absolute Gasteiger partial charge is 0.408 e. The molecule has 9 nitrogen and oxygen atoms in total. The number of carbonyl (C=O) groups is 3. The van der Waals surface area contributed by atoms with E-state index in [1.54, 1.807) is 32.9 Å². The Morgan fingerprint density at radius 1 is 1.03 bits per heavy atom. The van der Waals surface area contributed by atoms with Crippen LogP contribution in [0.1, 0.15) is 45.6 Å². The number of nitrogens with one attached hydrogen (secondary N) is 2. The second kappa shape index (κ2) is 9.72. The molecule has 2 amide bonds. The number of esters is 1. The van der Waals surface area contributed by atoms with Crippen molar-refractivity contribution in [3.05, 3.63) is 23.8 Å². The SMILES string of the molecule is COC(=O)C=Cc1c(OC)cc(NC(=O)C2(NC(=O)OC(C)(C)C)CCC2)cc1OC. The zero-order valence-electron chi connectivity index (χ0n) is 18.8. The molecule has 1 aliphatic carbocycles. The Labute approximate surface area is 182 Å². The first-order valence-corrected chi connectivity index (χ1v) is 9.88. The van der Waals surface area contributed by atoms with Crippen molar-refractivity contribution in [2.24, 2.45) is 0 Å². The molecule has 2 N–H and O–H groups in total. The van der Waals surface area contributed by atoms with Gasteiger partial charge in [0.25, 0.3) is 0 Å². The van der Waals surface area contributed by atoms with Gasteiger partial charge in [0.15, 0.2) is 0 Å². The summed E-state index contributed by atoms with van der Waals surface area (Å²) < 4.78 is 20.7. The third-order valence-corrected chi connectivity index (χ3v) is 4.77. The fourth-order valence-electron chi connectivity index (χ4n) is 3.08. The van der Waals surface area contributed by atoms with Crippen LogP contribution in [0.2, 0.25) is 0 Å². The normalized spacial score (nSPS) is 14.9. The number of hydrogen-bond donors (Lipinski definition) is 2. The maximum atomic E-state index is 13.0. The molecule has 0 atom stereocenters. The van der Waals surface area contributed by atoms with Crippen LogP contribution in [0.5, 0.6) is 11.5 Å². The first kappa shape index (κ1) is 24.0. The maximum Gasteiger partial charge on any atom is 0.408 e. The Hall–Kier alpha value is -3.23. The first-order chi connectivity index (χ1) is 14.5. The van der Waals surface area contributed by atoms with E-state index in [4.69, 9.17) is 14.2 Å². The van der Waals surface area contributed by atoms with Gasteiger partial charge in [-0.1, -0.05) is 0 Å². The quantitative estimate of drug-likeness (QED) is 0.500. The van der Waals surface area contributed by atoms with Crippen molar-refractivity contribution in [2.45, 2.75) is 51.2 Å². The molecule has 31 heavy (non-hydrogen) atoms. The lowest BCUT2D eigenvalue weighted by Crippen LogP contribution is -2.61. The standard InChI is InChI=1S/C22H30N2O7/c1-21(2,3)31-20(27)24-22(10-7-11-22)19(26)23-14-12-16(28-4)15(17(13-14)29-5)8-9-18(25)30-6/h8-9,12-13H,7,10-11H2,1-6H3,(H,23,26)(H,24,27). The first-order valence-electron chi connectivity index (χ1n) is 9.88. The van der Waals surface area contributed by atoms with Crippen LogP contribution in [0.4, 0.5) is 10.5 Å². The molecule has 0 saturated heterocycles. The van der Waals surface area contributed by atoms with Crippen LogP contribution in [0.15, 0.2) is 18.2 Å². The average molecular weight is 434 g/mol. The lowest BCUT2D eigenvalue weighted by Gasteiger charge is -2.40. The van der Waals surface area contributed by atoms with Crippen molar-refractivity contribution in [1.82, 2.24) is 5.32 Å². The molecule has 0 spiro atoms. The van der Waals surface area contributed by atoms with Gasteiger partial charge in [0.2, 0.25) is 5.91 Å². The molecule has 1 aliphatic rings. The van der Waals surface area contributed by atoms with Gasteiger partial charge < -0.3 is 29.6 Å². The van der Waals surface area contributed by atoms with Gasteiger partial charge in [-0.3, -0.25) is 4.79 Å². The van der Waals surface area contributed by atoms with E-state index < -0.39 is 23.2 Å². The van der Waals surface area contributed by atoms with E-state index in [0.717, 1.165) is 6.42 Å². The minimum absolute atomic E-state index is 0.355. The Kier molecular flexibility index (Phi) is 7.54. The summed E-state index contributed by atoms with van der Waals surface area (Å²) in [5.41, 5.74) is -0.767.